The zero-order valence-corrected chi connectivity index (χ0v) is 14.5. The largest absolute Gasteiger partial charge is 0.301 e. The molecule has 2 aliphatic rings. The van der Waals surface area contributed by atoms with E-state index in [0.717, 1.165) is 13.0 Å². The molecule has 6 heteroatoms. The normalized spacial score (nSPS) is 32.0. The smallest absolute Gasteiger partial charge is 0.178 e. The highest BCUT2D eigenvalue weighted by atomic mass is 32.2. The number of Topliss-reactive ketones (excluding diaryl/α,β-unsaturated/α-hetero) is 1. The molecular weight excluding hydrogens is 300 g/mol. The molecule has 2 rings (SSSR count). The number of nitriles is 1. The van der Waals surface area contributed by atoms with Gasteiger partial charge in [-0.25, -0.2) is 8.42 Å². The summed E-state index contributed by atoms with van der Waals surface area (Å²) in [7, 11) is -2.98. The second-order valence-electron chi connectivity index (χ2n) is 7.47. The molecule has 0 N–H and O–H groups in total. The topological polar surface area (TPSA) is 78.2 Å². The van der Waals surface area contributed by atoms with Gasteiger partial charge in [0, 0.05) is 30.2 Å². The maximum atomic E-state index is 12.4. The first-order valence-electron chi connectivity index (χ1n) is 7.57. The molecule has 122 valence electrons. The summed E-state index contributed by atoms with van der Waals surface area (Å²) in [6.45, 7) is 7.92. The Kier molecular flexibility index (Phi) is 4.27. The third-order valence-corrected chi connectivity index (χ3v) is 6.09. The van der Waals surface area contributed by atoms with E-state index < -0.39 is 15.3 Å². The van der Waals surface area contributed by atoms with Gasteiger partial charge in [0.25, 0.3) is 0 Å². The number of likely N-dealkylation sites (tertiary alicyclic amines) is 1. The fourth-order valence-corrected chi connectivity index (χ4v) is 4.70. The van der Waals surface area contributed by atoms with Gasteiger partial charge in [0.1, 0.15) is 15.9 Å². The number of nitrogens with zero attached hydrogens (tertiary/aromatic N) is 2. The van der Waals surface area contributed by atoms with Gasteiger partial charge in [-0.05, 0) is 18.9 Å². The standard InChI is InChI=1S/C16H24N2O3S/c1-15(2)13-5-6-18(7-8-22(4,20)21)11-16(13,3)9-12(10-17)14(15)19/h9,13H,5-8,11H2,1-4H3/t13-,16-/m0/s1. The van der Waals surface area contributed by atoms with Gasteiger partial charge in [0.15, 0.2) is 5.78 Å². The second kappa shape index (κ2) is 5.47. The maximum Gasteiger partial charge on any atom is 0.178 e. The number of ketones is 1. The Morgan fingerprint density at radius 3 is 2.59 bits per heavy atom. The fourth-order valence-electron chi connectivity index (χ4n) is 4.11. The van der Waals surface area contributed by atoms with Crippen molar-refractivity contribution in [1.29, 1.82) is 5.26 Å². The summed E-state index contributed by atoms with van der Waals surface area (Å²) in [6, 6.07) is 2.04. The van der Waals surface area contributed by atoms with Gasteiger partial charge < -0.3 is 4.90 Å². The van der Waals surface area contributed by atoms with Crippen LogP contribution in [0.25, 0.3) is 0 Å². The minimum atomic E-state index is -2.98. The SMILES string of the molecule is CC1(C)C(=O)C(C#N)=C[C@@]2(C)CN(CCS(C)(=O)=O)CC[C@@H]12. The average molecular weight is 324 g/mol. The van der Waals surface area contributed by atoms with E-state index in [1.54, 1.807) is 0 Å². The number of hydrogen-bond donors (Lipinski definition) is 0. The third kappa shape index (κ3) is 3.11. The molecule has 22 heavy (non-hydrogen) atoms. The van der Waals surface area contributed by atoms with E-state index in [4.69, 9.17) is 0 Å². The van der Waals surface area contributed by atoms with Gasteiger partial charge in [-0.1, -0.05) is 26.8 Å². The molecule has 0 aromatic carbocycles. The molecule has 5 nitrogen and oxygen atoms in total. The van der Waals surface area contributed by atoms with E-state index in [1.807, 2.05) is 26.0 Å². The van der Waals surface area contributed by atoms with Crippen molar-refractivity contribution in [2.45, 2.75) is 27.2 Å². The molecule has 0 radical (unpaired) electrons. The molecule has 1 fully saturated rings. The Morgan fingerprint density at radius 1 is 1.41 bits per heavy atom. The highest BCUT2D eigenvalue weighted by Gasteiger charge is 2.53. The molecule has 1 aliphatic heterocycles. The Labute approximate surface area is 132 Å². The van der Waals surface area contributed by atoms with E-state index >= 15 is 0 Å². The summed E-state index contributed by atoms with van der Waals surface area (Å²) in [6.07, 6.45) is 3.91. The molecule has 0 amide bonds. The van der Waals surface area contributed by atoms with Crippen molar-refractivity contribution in [1.82, 2.24) is 4.90 Å². The molecule has 0 aromatic heterocycles. The van der Waals surface area contributed by atoms with E-state index in [1.165, 1.54) is 6.26 Å². The number of allylic oxidation sites excluding steroid dienone is 1. The molecule has 0 spiro atoms. The lowest BCUT2D eigenvalue weighted by atomic mass is 9.55. The minimum absolute atomic E-state index is 0.0675. The Balaban J connectivity index is 2.26. The van der Waals surface area contributed by atoms with E-state index in [9.17, 15) is 18.5 Å². The summed E-state index contributed by atoms with van der Waals surface area (Å²) in [5, 5.41) is 9.24. The lowest BCUT2D eigenvalue weighted by Crippen LogP contribution is -2.56. The molecule has 1 aliphatic carbocycles. The Bertz CT molecular complexity index is 657. The van der Waals surface area contributed by atoms with Crippen LogP contribution in [0.5, 0.6) is 0 Å². The van der Waals surface area contributed by atoms with Crippen LogP contribution in [0.1, 0.15) is 27.2 Å². The number of hydrogen-bond acceptors (Lipinski definition) is 5. The predicted molar refractivity (Wildman–Crippen MR) is 84.8 cm³/mol. The van der Waals surface area contributed by atoms with Crippen LogP contribution in [0.4, 0.5) is 0 Å². The predicted octanol–water partition coefficient (Wildman–Crippen LogP) is 1.42. The maximum absolute atomic E-state index is 12.4. The van der Waals surface area contributed by atoms with Crippen LogP contribution in [0.3, 0.4) is 0 Å². The van der Waals surface area contributed by atoms with Crippen LogP contribution >= 0.6 is 0 Å². The van der Waals surface area contributed by atoms with Gasteiger partial charge >= 0.3 is 0 Å². The first kappa shape index (κ1) is 17.2. The molecule has 0 saturated carbocycles. The van der Waals surface area contributed by atoms with Crippen molar-refractivity contribution in [3.8, 4) is 6.07 Å². The molecule has 2 atom stereocenters. The number of carbonyl (C=O) groups is 1. The molecule has 0 unspecified atom stereocenters. The monoisotopic (exact) mass is 324 g/mol. The van der Waals surface area contributed by atoms with Crippen LogP contribution < -0.4 is 0 Å². The number of rotatable bonds is 3. The van der Waals surface area contributed by atoms with Crippen LogP contribution in [0, 0.1) is 28.1 Å². The fraction of sp³-hybridized carbons (Fsp3) is 0.750. The van der Waals surface area contributed by atoms with Crippen LogP contribution in [-0.2, 0) is 14.6 Å². The summed E-state index contributed by atoms with van der Waals surface area (Å²) < 4.78 is 22.7. The van der Waals surface area contributed by atoms with Crippen LogP contribution in [0.15, 0.2) is 11.6 Å². The van der Waals surface area contributed by atoms with Gasteiger partial charge in [0.05, 0.1) is 11.3 Å². The van der Waals surface area contributed by atoms with E-state index in [2.05, 4.69) is 11.8 Å². The number of carbonyl (C=O) groups excluding carboxylic acids is 1. The second-order valence-corrected chi connectivity index (χ2v) is 9.73. The first-order chi connectivity index (χ1) is 9.99. The lowest BCUT2D eigenvalue weighted by molar-refractivity contribution is -0.132. The summed E-state index contributed by atoms with van der Waals surface area (Å²) in [4.78, 5) is 14.6. The summed E-state index contributed by atoms with van der Waals surface area (Å²) >= 11 is 0. The third-order valence-electron chi connectivity index (χ3n) is 5.17. The van der Waals surface area contributed by atoms with Crippen molar-refractivity contribution < 1.29 is 13.2 Å². The molecular formula is C16H24N2O3S. The van der Waals surface area contributed by atoms with Crippen molar-refractivity contribution in [3.05, 3.63) is 11.6 Å². The van der Waals surface area contributed by atoms with Gasteiger partial charge in [-0.2, -0.15) is 5.26 Å². The van der Waals surface area contributed by atoms with Crippen molar-refractivity contribution in [2.75, 3.05) is 31.6 Å². The van der Waals surface area contributed by atoms with Gasteiger partial charge in [-0.15, -0.1) is 0 Å². The zero-order chi connectivity index (χ0) is 16.8. The van der Waals surface area contributed by atoms with Gasteiger partial charge in [-0.3, -0.25) is 4.79 Å². The molecule has 1 saturated heterocycles. The number of fused-ring (bicyclic) bond motifs is 1. The highest BCUT2D eigenvalue weighted by Crippen LogP contribution is 2.51. The van der Waals surface area contributed by atoms with E-state index in [0.29, 0.717) is 13.1 Å². The first-order valence-corrected chi connectivity index (χ1v) is 9.63. The molecule has 1 heterocycles. The average Bonchev–Trinajstić information content (AvgIpc) is 2.39. The number of piperidine rings is 1. The van der Waals surface area contributed by atoms with Crippen molar-refractivity contribution in [2.24, 2.45) is 16.7 Å². The highest BCUT2D eigenvalue weighted by molar-refractivity contribution is 7.90. The lowest BCUT2D eigenvalue weighted by Gasteiger charge is -2.53. The van der Waals surface area contributed by atoms with Crippen LogP contribution in [0.2, 0.25) is 0 Å². The Morgan fingerprint density at radius 2 is 2.05 bits per heavy atom. The zero-order valence-electron chi connectivity index (χ0n) is 13.7. The Hall–Kier alpha value is -1.19. The van der Waals surface area contributed by atoms with Crippen LogP contribution in [-0.4, -0.2) is 50.7 Å². The van der Waals surface area contributed by atoms with Gasteiger partial charge in [0.2, 0.25) is 0 Å². The minimum Gasteiger partial charge on any atom is -0.301 e. The van der Waals surface area contributed by atoms with Crippen molar-refractivity contribution in [3.63, 3.8) is 0 Å². The molecule has 0 bridgehead atoms. The van der Waals surface area contributed by atoms with E-state index in [-0.39, 0.29) is 28.4 Å². The summed E-state index contributed by atoms with van der Waals surface area (Å²) in [5.41, 5.74) is -0.566. The summed E-state index contributed by atoms with van der Waals surface area (Å²) in [5.74, 6) is 0.256. The quantitative estimate of drug-likeness (QED) is 0.784. The van der Waals surface area contributed by atoms with Crippen molar-refractivity contribution >= 4 is 15.6 Å². The molecule has 0 aromatic rings. The number of sulfone groups is 1.